The Bertz CT molecular complexity index is 621. The van der Waals surface area contributed by atoms with Gasteiger partial charge in [-0.15, -0.1) is 0 Å². The van der Waals surface area contributed by atoms with Crippen molar-refractivity contribution in [2.75, 3.05) is 0 Å². The molecule has 3 nitrogen and oxygen atoms in total. The topological polar surface area (TPSA) is 43.8 Å². The number of aryl methyl sites for hydroxylation is 2. The second-order valence-corrected chi connectivity index (χ2v) is 7.02. The van der Waals surface area contributed by atoms with Crippen LogP contribution in [0, 0.1) is 6.92 Å². The van der Waals surface area contributed by atoms with Crippen molar-refractivity contribution in [1.29, 1.82) is 0 Å². The van der Waals surface area contributed by atoms with E-state index in [9.17, 15) is 0 Å². The van der Waals surface area contributed by atoms with Crippen molar-refractivity contribution in [1.82, 2.24) is 9.78 Å². The third-order valence-electron chi connectivity index (χ3n) is 3.90. The van der Waals surface area contributed by atoms with Crippen LogP contribution in [-0.4, -0.2) is 9.78 Å². The van der Waals surface area contributed by atoms with Gasteiger partial charge in [0.1, 0.15) is 5.15 Å². The van der Waals surface area contributed by atoms with Gasteiger partial charge in [-0.1, -0.05) is 56.6 Å². The highest BCUT2D eigenvalue weighted by Gasteiger charge is 2.17. The zero-order valence-electron chi connectivity index (χ0n) is 13.4. The van der Waals surface area contributed by atoms with Gasteiger partial charge < -0.3 is 5.73 Å². The average Bonchev–Trinajstić information content (AvgIpc) is 2.64. The van der Waals surface area contributed by atoms with Gasteiger partial charge in [0, 0.05) is 18.7 Å². The van der Waals surface area contributed by atoms with Gasteiger partial charge in [0.2, 0.25) is 0 Å². The van der Waals surface area contributed by atoms with Crippen LogP contribution in [0.4, 0.5) is 0 Å². The summed E-state index contributed by atoms with van der Waals surface area (Å²) in [4.78, 5) is 0. The third kappa shape index (κ3) is 3.47. The Hall–Kier alpha value is -1.32. The Morgan fingerprint density at radius 1 is 1.24 bits per heavy atom. The van der Waals surface area contributed by atoms with E-state index in [4.69, 9.17) is 17.3 Å². The van der Waals surface area contributed by atoms with E-state index in [0.717, 1.165) is 16.8 Å². The van der Waals surface area contributed by atoms with E-state index in [1.807, 2.05) is 14.0 Å². The minimum absolute atomic E-state index is 0.0700. The number of hydrogen-bond donors (Lipinski definition) is 1. The van der Waals surface area contributed by atoms with Crippen LogP contribution in [0.5, 0.6) is 0 Å². The van der Waals surface area contributed by atoms with Crippen molar-refractivity contribution >= 4 is 11.6 Å². The first-order chi connectivity index (χ1) is 9.70. The fourth-order valence-corrected chi connectivity index (χ4v) is 2.73. The molecular formula is C17H24ClN3. The SMILES string of the molecule is Cc1nn(C)c(Cl)c1CC(N)c1ccc(C(C)(C)C)cc1. The second-order valence-electron chi connectivity index (χ2n) is 6.66. The minimum atomic E-state index is -0.0700. The van der Waals surface area contributed by atoms with Gasteiger partial charge in [-0.05, 0) is 29.9 Å². The lowest BCUT2D eigenvalue weighted by Gasteiger charge is -2.20. The summed E-state index contributed by atoms with van der Waals surface area (Å²) < 4.78 is 1.70. The molecule has 0 bridgehead atoms. The molecule has 1 atom stereocenters. The fraction of sp³-hybridized carbons (Fsp3) is 0.471. The number of rotatable bonds is 3. The van der Waals surface area contributed by atoms with Crippen LogP contribution in [-0.2, 0) is 18.9 Å². The van der Waals surface area contributed by atoms with Crippen LogP contribution in [0.15, 0.2) is 24.3 Å². The van der Waals surface area contributed by atoms with Gasteiger partial charge in [-0.25, -0.2) is 0 Å². The summed E-state index contributed by atoms with van der Waals surface area (Å²) in [7, 11) is 1.85. The summed E-state index contributed by atoms with van der Waals surface area (Å²) >= 11 is 6.28. The van der Waals surface area contributed by atoms with Crippen molar-refractivity contribution in [2.45, 2.75) is 45.6 Å². The monoisotopic (exact) mass is 305 g/mol. The predicted octanol–water partition coefficient (Wildman–Crippen LogP) is 3.92. The third-order valence-corrected chi connectivity index (χ3v) is 4.37. The molecule has 2 rings (SSSR count). The molecule has 114 valence electrons. The summed E-state index contributed by atoms with van der Waals surface area (Å²) in [5.74, 6) is 0. The lowest BCUT2D eigenvalue weighted by molar-refractivity contribution is 0.589. The summed E-state index contributed by atoms with van der Waals surface area (Å²) in [5.41, 5.74) is 10.9. The minimum Gasteiger partial charge on any atom is -0.324 e. The van der Waals surface area contributed by atoms with Crippen molar-refractivity contribution in [3.63, 3.8) is 0 Å². The zero-order valence-corrected chi connectivity index (χ0v) is 14.2. The Morgan fingerprint density at radius 2 is 1.81 bits per heavy atom. The molecule has 4 heteroatoms. The molecule has 0 saturated carbocycles. The van der Waals surface area contributed by atoms with Gasteiger partial charge in [-0.3, -0.25) is 4.68 Å². The molecule has 1 heterocycles. The molecule has 0 aliphatic carbocycles. The molecule has 1 unspecified atom stereocenters. The Morgan fingerprint density at radius 3 is 2.24 bits per heavy atom. The Balaban J connectivity index is 2.19. The Kier molecular flexibility index (Phi) is 4.45. The average molecular weight is 306 g/mol. The maximum absolute atomic E-state index is 6.34. The van der Waals surface area contributed by atoms with Crippen LogP contribution in [0.25, 0.3) is 0 Å². The van der Waals surface area contributed by atoms with Gasteiger partial charge in [0.05, 0.1) is 5.69 Å². The van der Waals surface area contributed by atoms with E-state index < -0.39 is 0 Å². The molecule has 1 aromatic heterocycles. The molecule has 0 saturated heterocycles. The number of aromatic nitrogens is 2. The van der Waals surface area contributed by atoms with Crippen molar-refractivity contribution in [3.05, 3.63) is 51.8 Å². The molecule has 1 aromatic carbocycles. The number of benzene rings is 1. The highest BCUT2D eigenvalue weighted by Crippen LogP contribution is 2.27. The van der Waals surface area contributed by atoms with Crippen molar-refractivity contribution in [2.24, 2.45) is 12.8 Å². The molecule has 0 spiro atoms. The van der Waals surface area contributed by atoms with Crippen LogP contribution in [0.2, 0.25) is 5.15 Å². The lowest BCUT2D eigenvalue weighted by atomic mass is 9.86. The summed E-state index contributed by atoms with van der Waals surface area (Å²) in [5, 5.41) is 5.01. The van der Waals surface area contributed by atoms with Crippen LogP contribution in [0.1, 0.15) is 49.2 Å². The molecular weight excluding hydrogens is 282 g/mol. The summed E-state index contributed by atoms with van der Waals surface area (Å²) in [6.45, 7) is 8.60. The number of nitrogens with zero attached hydrogens (tertiary/aromatic N) is 2. The fourth-order valence-electron chi connectivity index (χ4n) is 2.47. The molecule has 0 amide bonds. The van der Waals surface area contributed by atoms with Crippen molar-refractivity contribution < 1.29 is 0 Å². The van der Waals surface area contributed by atoms with Gasteiger partial charge >= 0.3 is 0 Å². The van der Waals surface area contributed by atoms with Crippen LogP contribution < -0.4 is 5.73 Å². The van der Waals surface area contributed by atoms with Crippen LogP contribution >= 0.6 is 11.6 Å². The first-order valence-corrected chi connectivity index (χ1v) is 7.62. The first kappa shape index (κ1) is 16.1. The van der Waals surface area contributed by atoms with Crippen molar-refractivity contribution in [3.8, 4) is 0 Å². The largest absolute Gasteiger partial charge is 0.324 e. The number of hydrogen-bond acceptors (Lipinski definition) is 2. The normalized spacial score (nSPS) is 13.5. The first-order valence-electron chi connectivity index (χ1n) is 7.24. The van der Waals surface area contributed by atoms with E-state index >= 15 is 0 Å². The van der Waals surface area contributed by atoms with Gasteiger partial charge in [-0.2, -0.15) is 5.10 Å². The molecule has 0 fully saturated rings. The predicted molar refractivity (Wildman–Crippen MR) is 88.7 cm³/mol. The smallest absolute Gasteiger partial charge is 0.130 e. The summed E-state index contributed by atoms with van der Waals surface area (Å²) in [6.07, 6.45) is 0.702. The maximum Gasteiger partial charge on any atom is 0.130 e. The molecule has 0 aliphatic heterocycles. The maximum atomic E-state index is 6.34. The van der Waals surface area contributed by atoms with E-state index in [-0.39, 0.29) is 11.5 Å². The van der Waals surface area contributed by atoms with E-state index in [1.54, 1.807) is 4.68 Å². The molecule has 2 N–H and O–H groups in total. The molecule has 21 heavy (non-hydrogen) atoms. The van der Waals surface area contributed by atoms with E-state index in [2.05, 4.69) is 50.1 Å². The van der Waals surface area contributed by atoms with E-state index in [0.29, 0.717) is 11.6 Å². The summed E-state index contributed by atoms with van der Waals surface area (Å²) in [6, 6.07) is 8.48. The van der Waals surface area contributed by atoms with E-state index in [1.165, 1.54) is 5.56 Å². The number of nitrogens with two attached hydrogens (primary N) is 1. The van der Waals surface area contributed by atoms with Crippen LogP contribution in [0.3, 0.4) is 0 Å². The molecule has 2 aromatic rings. The van der Waals surface area contributed by atoms with Gasteiger partial charge in [0.15, 0.2) is 0 Å². The zero-order chi connectivity index (χ0) is 15.8. The highest BCUT2D eigenvalue weighted by molar-refractivity contribution is 6.30. The quantitative estimate of drug-likeness (QED) is 0.934. The molecule has 0 radical (unpaired) electrons. The molecule has 0 aliphatic rings. The highest BCUT2D eigenvalue weighted by atomic mass is 35.5. The van der Waals surface area contributed by atoms with Gasteiger partial charge in [0.25, 0.3) is 0 Å². The number of halogens is 1. The lowest BCUT2D eigenvalue weighted by Crippen LogP contribution is -2.15. The second kappa shape index (κ2) is 5.82. The standard InChI is InChI=1S/C17H24ClN3/c1-11-14(16(18)21(5)20-11)10-15(19)12-6-8-13(9-7-12)17(2,3)4/h6-9,15H,10,19H2,1-5H3. The Labute approximate surface area is 132 Å².